The summed E-state index contributed by atoms with van der Waals surface area (Å²) in [6.07, 6.45) is 0. The van der Waals surface area contributed by atoms with Gasteiger partial charge in [0.2, 0.25) is 6.79 Å². The van der Waals surface area contributed by atoms with Gasteiger partial charge in [-0.3, -0.25) is 9.69 Å². The van der Waals surface area contributed by atoms with Crippen LogP contribution in [0.3, 0.4) is 0 Å². The highest BCUT2D eigenvalue weighted by molar-refractivity contribution is 6.05. The number of carbonyl (C=O) groups excluding carboxylic acids is 1. The Morgan fingerprint density at radius 1 is 0.914 bits per heavy atom. The van der Waals surface area contributed by atoms with E-state index in [2.05, 4.69) is 15.1 Å². The molecule has 5 rings (SSSR count). The van der Waals surface area contributed by atoms with Crippen molar-refractivity contribution in [3.63, 3.8) is 0 Å². The van der Waals surface area contributed by atoms with Crippen molar-refractivity contribution in [1.29, 1.82) is 0 Å². The molecule has 180 valence electrons. The minimum Gasteiger partial charge on any atom is -0.478 e. The highest BCUT2D eigenvalue weighted by Crippen LogP contribution is 2.33. The summed E-state index contributed by atoms with van der Waals surface area (Å²) >= 11 is 0. The molecule has 0 aromatic heterocycles. The van der Waals surface area contributed by atoms with Gasteiger partial charge in [0, 0.05) is 44.0 Å². The van der Waals surface area contributed by atoms with E-state index in [0.29, 0.717) is 30.0 Å². The summed E-state index contributed by atoms with van der Waals surface area (Å²) in [6, 6.07) is 18.3. The van der Waals surface area contributed by atoms with Crippen molar-refractivity contribution >= 4 is 23.3 Å². The van der Waals surface area contributed by atoms with Crippen LogP contribution in [0.15, 0.2) is 60.7 Å². The van der Waals surface area contributed by atoms with Crippen molar-refractivity contribution < 1.29 is 24.2 Å². The molecule has 1 saturated heterocycles. The molecule has 0 aliphatic carbocycles. The minimum absolute atomic E-state index is 0.177. The number of aromatic carboxylic acids is 1. The molecule has 0 radical (unpaired) electrons. The number of benzene rings is 3. The molecule has 8 heteroatoms. The van der Waals surface area contributed by atoms with Gasteiger partial charge in [-0.25, -0.2) is 4.79 Å². The Morgan fingerprint density at radius 2 is 1.66 bits per heavy atom. The van der Waals surface area contributed by atoms with E-state index in [1.165, 1.54) is 6.07 Å². The smallest absolute Gasteiger partial charge is 0.337 e. The molecule has 3 aromatic rings. The van der Waals surface area contributed by atoms with Gasteiger partial charge in [0.25, 0.3) is 5.91 Å². The summed E-state index contributed by atoms with van der Waals surface area (Å²) in [5, 5.41) is 12.7. The quantitative estimate of drug-likeness (QED) is 0.559. The number of nitrogens with zero attached hydrogens (tertiary/aromatic N) is 2. The van der Waals surface area contributed by atoms with E-state index in [9.17, 15) is 14.7 Å². The Morgan fingerprint density at radius 3 is 2.40 bits per heavy atom. The highest BCUT2D eigenvalue weighted by Gasteiger charge is 2.23. The number of amides is 1. The largest absolute Gasteiger partial charge is 0.478 e. The molecular formula is C27H27N3O5. The molecular weight excluding hydrogens is 446 g/mol. The summed E-state index contributed by atoms with van der Waals surface area (Å²) in [4.78, 5) is 29.0. The number of ether oxygens (including phenoxy) is 2. The summed E-state index contributed by atoms with van der Waals surface area (Å²) in [7, 11) is 0. The second-order valence-corrected chi connectivity index (χ2v) is 8.81. The number of anilines is 2. The predicted molar refractivity (Wildman–Crippen MR) is 133 cm³/mol. The summed E-state index contributed by atoms with van der Waals surface area (Å²) in [5.41, 5.74) is 4.04. The fourth-order valence-corrected chi connectivity index (χ4v) is 4.41. The molecule has 1 fully saturated rings. The van der Waals surface area contributed by atoms with Gasteiger partial charge in [-0.05, 0) is 55.0 Å². The zero-order chi connectivity index (χ0) is 24.4. The fraction of sp³-hybridized carbons (Fsp3) is 0.259. The first kappa shape index (κ1) is 22.7. The molecule has 2 N–H and O–H groups in total. The Bertz CT molecular complexity index is 1250. The zero-order valence-electron chi connectivity index (χ0n) is 19.5. The average molecular weight is 474 g/mol. The van der Waals surface area contributed by atoms with Gasteiger partial charge in [0.1, 0.15) is 0 Å². The van der Waals surface area contributed by atoms with Gasteiger partial charge in [-0.1, -0.05) is 23.8 Å². The van der Waals surface area contributed by atoms with Crippen LogP contribution in [0, 0.1) is 6.92 Å². The van der Waals surface area contributed by atoms with E-state index in [-0.39, 0.29) is 18.3 Å². The number of nitrogens with one attached hydrogen (secondary N) is 1. The molecule has 0 atom stereocenters. The van der Waals surface area contributed by atoms with Gasteiger partial charge in [-0.15, -0.1) is 0 Å². The zero-order valence-corrected chi connectivity index (χ0v) is 19.5. The molecule has 0 spiro atoms. The maximum Gasteiger partial charge on any atom is 0.337 e. The minimum atomic E-state index is -1.02. The van der Waals surface area contributed by atoms with Crippen molar-refractivity contribution in [2.45, 2.75) is 13.5 Å². The second kappa shape index (κ2) is 9.68. The second-order valence-electron chi connectivity index (χ2n) is 8.81. The number of hydrogen-bond acceptors (Lipinski definition) is 6. The van der Waals surface area contributed by atoms with Gasteiger partial charge in [-0.2, -0.15) is 0 Å². The SMILES string of the molecule is Cc1ccc(C(=O)Nc2ccc(N3CCN(Cc4ccc5c(c4)OCO5)CC3)c(C(=O)O)c2)cc1. The lowest BCUT2D eigenvalue weighted by Crippen LogP contribution is -2.46. The van der Waals surface area contributed by atoms with E-state index in [4.69, 9.17) is 9.47 Å². The van der Waals surface area contributed by atoms with E-state index in [1.54, 1.807) is 24.3 Å². The van der Waals surface area contributed by atoms with Gasteiger partial charge in [0.15, 0.2) is 11.5 Å². The summed E-state index contributed by atoms with van der Waals surface area (Å²) in [6.45, 7) is 6.04. The number of fused-ring (bicyclic) bond motifs is 1. The molecule has 35 heavy (non-hydrogen) atoms. The van der Waals surface area contributed by atoms with Crippen molar-refractivity contribution in [3.8, 4) is 11.5 Å². The Labute approximate surface area is 203 Å². The molecule has 2 aliphatic heterocycles. The first-order valence-corrected chi connectivity index (χ1v) is 11.6. The number of carboxylic acid groups (broad SMARTS) is 1. The molecule has 2 aliphatic rings. The molecule has 8 nitrogen and oxygen atoms in total. The lowest BCUT2D eigenvalue weighted by atomic mass is 10.1. The molecule has 1 amide bonds. The summed E-state index contributed by atoms with van der Waals surface area (Å²) < 4.78 is 10.9. The van der Waals surface area contributed by atoms with Crippen LogP contribution in [0.2, 0.25) is 0 Å². The monoisotopic (exact) mass is 473 g/mol. The van der Waals surface area contributed by atoms with Crippen LogP contribution in [-0.4, -0.2) is 54.9 Å². The molecule has 3 aromatic carbocycles. The number of carboxylic acids is 1. The lowest BCUT2D eigenvalue weighted by Gasteiger charge is -2.36. The molecule has 0 bridgehead atoms. The number of piperazine rings is 1. The first-order chi connectivity index (χ1) is 17.0. The van der Waals surface area contributed by atoms with Gasteiger partial charge in [0.05, 0.1) is 11.3 Å². The van der Waals surface area contributed by atoms with Crippen LogP contribution >= 0.6 is 0 Å². The van der Waals surface area contributed by atoms with E-state index >= 15 is 0 Å². The first-order valence-electron chi connectivity index (χ1n) is 11.6. The van der Waals surface area contributed by atoms with Crippen LogP contribution in [0.4, 0.5) is 11.4 Å². The van der Waals surface area contributed by atoms with Gasteiger partial charge >= 0.3 is 5.97 Å². The topological polar surface area (TPSA) is 91.3 Å². The van der Waals surface area contributed by atoms with Crippen LogP contribution in [-0.2, 0) is 6.54 Å². The third-order valence-electron chi connectivity index (χ3n) is 6.35. The maximum atomic E-state index is 12.6. The Hall–Kier alpha value is -4.04. The number of rotatable bonds is 6. The number of hydrogen-bond donors (Lipinski definition) is 2. The number of aryl methyl sites for hydroxylation is 1. The highest BCUT2D eigenvalue weighted by atomic mass is 16.7. The van der Waals surface area contributed by atoms with Crippen LogP contribution < -0.4 is 19.7 Å². The predicted octanol–water partition coefficient (Wildman–Crippen LogP) is 4.00. The van der Waals surface area contributed by atoms with Gasteiger partial charge < -0.3 is 24.8 Å². The average Bonchev–Trinajstić information content (AvgIpc) is 3.33. The van der Waals surface area contributed by atoms with E-state index in [1.807, 2.05) is 37.3 Å². The normalized spacial score (nSPS) is 15.2. The lowest BCUT2D eigenvalue weighted by molar-refractivity contribution is 0.0697. The standard InChI is InChI=1S/C27H27N3O5/c1-18-2-5-20(6-3-18)26(31)28-21-7-8-23(22(15-21)27(32)33)30-12-10-29(11-13-30)16-19-4-9-24-25(14-19)35-17-34-24/h2-9,14-15H,10-13,16-17H2,1H3,(H,28,31)(H,32,33). The van der Waals surface area contributed by atoms with E-state index < -0.39 is 5.97 Å². The van der Waals surface area contributed by atoms with E-state index in [0.717, 1.165) is 42.3 Å². The Balaban J connectivity index is 1.23. The summed E-state index contributed by atoms with van der Waals surface area (Å²) in [5.74, 6) is 0.264. The molecule has 0 saturated carbocycles. The third kappa shape index (κ3) is 5.07. The van der Waals surface area contributed by atoms with Crippen molar-refractivity contribution in [1.82, 2.24) is 4.90 Å². The van der Waals surface area contributed by atoms with Crippen molar-refractivity contribution in [3.05, 3.63) is 82.9 Å². The van der Waals surface area contributed by atoms with Crippen LogP contribution in [0.1, 0.15) is 31.8 Å². The Kier molecular flexibility index (Phi) is 6.29. The van der Waals surface area contributed by atoms with Crippen LogP contribution in [0.25, 0.3) is 0 Å². The maximum absolute atomic E-state index is 12.6. The molecule has 2 heterocycles. The fourth-order valence-electron chi connectivity index (χ4n) is 4.41. The molecule has 0 unspecified atom stereocenters. The van der Waals surface area contributed by atoms with Crippen molar-refractivity contribution in [2.75, 3.05) is 43.2 Å². The van der Waals surface area contributed by atoms with Crippen LogP contribution in [0.5, 0.6) is 11.5 Å². The third-order valence-corrected chi connectivity index (χ3v) is 6.35. The number of carbonyl (C=O) groups is 2. The van der Waals surface area contributed by atoms with Crippen molar-refractivity contribution in [2.24, 2.45) is 0 Å².